The summed E-state index contributed by atoms with van der Waals surface area (Å²) in [6.45, 7) is 0.640. The summed E-state index contributed by atoms with van der Waals surface area (Å²) < 4.78 is 5.51. The topological polar surface area (TPSA) is 38.3 Å². The normalized spacial score (nSPS) is 12.7. The van der Waals surface area contributed by atoms with Crippen molar-refractivity contribution in [3.05, 3.63) is 64.7 Å². The molecular weight excluding hydrogens is 286 g/mol. The zero-order valence-corrected chi connectivity index (χ0v) is 13.6. The Morgan fingerprint density at radius 1 is 1.13 bits per heavy atom. The van der Waals surface area contributed by atoms with Gasteiger partial charge in [-0.2, -0.15) is 0 Å². The SMILES string of the molecule is COc1cc2c(cc1CCNC(=O)Cc1ccccc1)CCC2. The maximum absolute atomic E-state index is 12.0. The first-order chi connectivity index (χ1) is 11.3. The third-order valence-corrected chi connectivity index (χ3v) is 4.42. The van der Waals surface area contributed by atoms with Gasteiger partial charge in [0.25, 0.3) is 0 Å². The van der Waals surface area contributed by atoms with Gasteiger partial charge in [-0.05, 0) is 54.0 Å². The smallest absolute Gasteiger partial charge is 0.224 e. The number of hydrogen-bond donors (Lipinski definition) is 1. The molecule has 120 valence electrons. The molecule has 2 aromatic rings. The van der Waals surface area contributed by atoms with E-state index in [1.54, 1.807) is 7.11 Å². The fraction of sp³-hybridized carbons (Fsp3) is 0.350. The van der Waals surface area contributed by atoms with Crippen LogP contribution < -0.4 is 10.1 Å². The van der Waals surface area contributed by atoms with Gasteiger partial charge in [0.2, 0.25) is 5.91 Å². The number of nitrogens with one attached hydrogen (secondary N) is 1. The van der Waals surface area contributed by atoms with Crippen LogP contribution in [-0.4, -0.2) is 19.6 Å². The summed E-state index contributed by atoms with van der Waals surface area (Å²) in [5.41, 5.74) is 5.09. The molecule has 1 N–H and O–H groups in total. The number of aryl methyl sites for hydroxylation is 2. The highest BCUT2D eigenvalue weighted by atomic mass is 16.5. The average molecular weight is 309 g/mol. The van der Waals surface area contributed by atoms with Crippen molar-refractivity contribution in [3.8, 4) is 5.75 Å². The lowest BCUT2D eigenvalue weighted by molar-refractivity contribution is -0.120. The third kappa shape index (κ3) is 3.92. The number of carbonyl (C=O) groups excluding carboxylic acids is 1. The highest BCUT2D eigenvalue weighted by Crippen LogP contribution is 2.30. The van der Waals surface area contributed by atoms with Crippen molar-refractivity contribution in [3.63, 3.8) is 0 Å². The summed E-state index contributed by atoms with van der Waals surface area (Å²) in [5.74, 6) is 1.01. The number of rotatable bonds is 6. The Morgan fingerprint density at radius 3 is 2.61 bits per heavy atom. The second-order valence-corrected chi connectivity index (χ2v) is 6.05. The van der Waals surface area contributed by atoms with E-state index in [0.717, 1.165) is 30.6 Å². The van der Waals surface area contributed by atoms with Crippen molar-refractivity contribution in [2.45, 2.75) is 32.1 Å². The molecule has 3 nitrogen and oxygen atoms in total. The van der Waals surface area contributed by atoms with E-state index in [4.69, 9.17) is 4.74 Å². The number of amides is 1. The molecule has 0 bridgehead atoms. The van der Waals surface area contributed by atoms with E-state index < -0.39 is 0 Å². The van der Waals surface area contributed by atoms with Crippen molar-refractivity contribution in [1.82, 2.24) is 5.32 Å². The lowest BCUT2D eigenvalue weighted by Gasteiger charge is -2.12. The Morgan fingerprint density at radius 2 is 1.87 bits per heavy atom. The van der Waals surface area contributed by atoms with Crippen molar-refractivity contribution >= 4 is 5.91 Å². The minimum absolute atomic E-state index is 0.0660. The fourth-order valence-electron chi connectivity index (χ4n) is 3.22. The summed E-state index contributed by atoms with van der Waals surface area (Å²) in [6.07, 6.45) is 4.78. The number of carbonyl (C=O) groups is 1. The van der Waals surface area contributed by atoms with Gasteiger partial charge in [0, 0.05) is 6.54 Å². The molecule has 0 heterocycles. The molecule has 0 saturated heterocycles. The summed E-state index contributed by atoms with van der Waals surface area (Å²) >= 11 is 0. The molecule has 0 aromatic heterocycles. The standard InChI is InChI=1S/C20H23NO2/c1-23-19-14-17-9-5-8-16(17)13-18(19)10-11-21-20(22)12-15-6-3-2-4-7-15/h2-4,6-7,13-14H,5,8-12H2,1H3,(H,21,22). The first-order valence-electron chi connectivity index (χ1n) is 8.25. The molecule has 0 saturated carbocycles. The van der Waals surface area contributed by atoms with Gasteiger partial charge >= 0.3 is 0 Å². The van der Waals surface area contributed by atoms with E-state index in [1.807, 2.05) is 30.3 Å². The molecule has 0 spiro atoms. The van der Waals surface area contributed by atoms with Gasteiger partial charge in [0.05, 0.1) is 13.5 Å². The lowest BCUT2D eigenvalue weighted by Crippen LogP contribution is -2.27. The first kappa shape index (κ1) is 15.6. The molecule has 2 aromatic carbocycles. The second-order valence-electron chi connectivity index (χ2n) is 6.05. The van der Waals surface area contributed by atoms with Crippen LogP contribution in [0.1, 0.15) is 28.7 Å². The van der Waals surface area contributed by atoms with E-state index in [1.165, 1.54) is 23.1 Å². The molecule has 0 unspecified atom stereocenters. The number of benzene rings is 2. The van der Waals surface area contributed by atoms with Crippen LogP contribution in [0.4, 0.5) is 0 Å². The Hall–Kier alpha value is -2.29. The molecule has 3 rings (SSSR count). The Balaban J connectivity index is 1.55. The van der Waals surface area contributed by atoms with E-state index in [9.17, 15) is 4.79 Å². The molecule has 0 fully saturated rings. The van der Waals surface area contributed by atoms with Gasteiger partial charge in [-0.3, -0.25) is 4.79 Å². The zero-order chi connectivity index (χ0) is 16.1. The van der Waals surface area contributed by atoms with E-state index in [-0.39, 0.29) is 5.91 Å². The van der Waals surface area contributed by atoms with E-state index in [2.05, 4.69) is 17.4 Å². The zero-order valence-electron chi connectivity index (χ0n) is 13.6. The van der Waals surface area contributed by atoms with Crippen LogP contribution >= 0.6 is 0 Å². The van der Waals surface area contributed by atoms with Gasteiger partial charge in [-0.1, -0.05) is 36.4 Å². The van der Waals surface area contributed by atoms with Crippen LogP contribution in [0.15, 0.2) is 42.5 Å². The highest BCUT2D eigenvalue weighted by molar-refractivity contribution is 5.78. The van der Waals surface area contributed by atoms with Crippen LogP contribution in [0, 0.1) is 0 Å². The predicted molar refractivity (Wildman–Crippen MR) is 91.9 cm³/mol. The quantitative estimate of drug-likeness (QED) is 0.890. The molecule has 1 aliphatic rings. The Labute approximate surface area is 137 Å². The van der Waals surface area contributed by atoms with E-state index in [0.29, 0.717) is 13.0 Å². The number of fused-ring (bicyclic) bond motifs is 1. The summed E-state index contributed by atoms with van der Waals surface area (Å²) in [5, 5.41) is 3.00. The van der Waals surface area contributed by atoms with Crippen LogP contribution in [0.3, 0.4) is 0 Å². The number of ether oxygens (including phenoxy) is 1. The minimum atomic E-state index is 0.0660. The molecular formula is C20H23NO2. The van der Waals surface area contributed by atoms with Gasteiger partial charge in [-0.15, -0.1) is 0 Å². The predicted octanol–water partition coefficient (Wildman–Crippen LogP) is 3.09. The second kappa shape index (κ2) is 7.32. The third-order valence-electron chi connectivity index (χ3n) is 4.42. The maximum atomic E-state index is 12.0. The molecule has 0 aliphatic heterocycles. The Bertz CT molecular complexity index is 680. The molecule has 1 amide bonds. The van der Waals surface area contributed by atoms with Gasteiger partial charge < -0.3 is 10.1 Å². The van der Waals surface area contributed by atoms with Crippen LogP contribution in [0.5, 0.6) is 5.75 Å². The van der Waals surface area contributed by atoms with E-state index >= 15 is 0 Å². The van der Waals surface area contributed by atoms with Crippen LogP contribution in [-0.2, 0) is 30.5 Å². The fourth-order valence-corrected chi connectivity index (χ4v) is 3.22. The van der Waals surface area contributed by atoms with Crippen LogP contribution in [0.25, 0.3) is 0 Å². The maximum Gasteiger partial charge on any atom is 0.224 e. The molecule has 0 radical (unpaired) electrons. The molecule has 1 aliphatic carbocycles. The number of hydrogen-bond acceptors (Lipinski definition) is 2. The molecule has 23 heavy (non-hydrogen) atoms. The molecule has 0 atom stereocenters. The van der Waals surface area contributed by atoms with Crippen molar-refractivity contribution in [1.29, 1.82) is 0 Å². The van der Waals surface area contributed by atoms with Gasteiger partial charge in [0.1, 0.15) is 5.75 Å². The largest absolute Gasteiger partial charge is 0.496 e. The highest BCUT2D eigenvalue weighted by Gasteiger charge is 2.15. The Kier molecular flexibility index (Phi) is 4.96. The monoisotopic (exact) mass is 309 g/mol. The van der Waals surface area contributed by atoms with Crippen molar-refractivity contribution < 1.29 is 9.53 Å². The van der Waals surface area contributed by atoms with Crippen molar-refractivity contribution in [2.24, 2.45) is 0 Å². The first-order valence-corrected chi connectivity index (χ1v) is 8.25. The average Bonchev–Trinajstić information content (AvgIpc) is 3.02. The van der Waals surface area contributed by atoms with Crippen molar-refractivity contribution in [2.75, 3.05) is 13.7 Å². The lowest BCUT2D eigenvalue weighted by atomic mass is 10.0. The summed E-state index contributed by atoms with van der Waals surface area (Å²) in [6, 6.07) is 14.2. The van der Waals surface area contributed by atoms with Gasteiger partial charge in [0.15, 0.2) is 0 Å². The summed E-state index contributed by atoms with van der Waals surface area (Å²) in [4.78, 5) is 12.0. The van der Waals surface area contributed by atoms with Gasteiger partial charge in [-0.25, -0.2) is 0 Å². The summed E-state index contributed by atoms with van der Waals surface area (Å²) in [7, 11) is 1.72. The minimum Gasteiger partial charge on any atom is -0.496 e. The van der Waals surface area contributed by atoms with Crippen LogP contribution in [0.2, 0.25) is 0 Å². The molecule has 3 heteroatoms. The number of methoxy groups -OCH3 is 1.